The van der Waals surface area contributed by atoms with Crippen molar-refractivity contribution >= 4 is 23.0 Å². The number of benzene rings is 3. The molecule has 1 fully saturated rings. The molecule has 5 rings (SSSR count). The molecule has 2 heterocycles. The second-order valence-electron chi connectivity index (χ2n) is 10.4. The predicted octanol–water partition coefficient (Wildman–Crippen LogP) is 4.16. The molecule has 2 aliphatic rings. The Morgan fingerprint density at radius 3 is 2.25 bits per heavy atom. The fourth-order valence-corrected chi connectivity index (χ4v) is 5.52. The van der Waals surface area contributed by atoms with Gasteiger partial charge in [0, 0.05) is 57.1 Å². The van der Waals surface area contributed by atoms with E-state index in [2.05, 4.69) is 90.3 Å². The van der Waals surface area contributed by atoms with Gasteiger partial charge in [0.1, 0.15) is 0 Å². The number of rotatable bonds is 6. The summed E-state index contributed by atoms with van der Waals surface area (Å²) in [4.78, 5) is 22.3. The average molecular weight is 484 g/mol. The molecule has 0 atom stereocenters. The fraction of sp³-hybridized carbons (Fsp3) is 0.367. The van der Waals surface area contributed by atoms with Crippen LogP contribution < -0.4 is 15.5 Å². The molecule has 0 spiro atoms. The van der Waals surface area contributed by atoms with Gasteiger partial charge in [0.2, 0.25) is 0 Å². The van der Waals surface area contributed by atoms with Crippen LogP contribution in [0.25, 0.3) is 0 Å². The summed E-state index contributed by atoms with van der Waals surface area (Å²) < 4.78 is 0. The molecule has 6 nitrogen and oxygen atoms in total. The molecule has 0 aromatic heterocycles. The normalized spacial score (nSPS) is 16.0. The summed E-state index contributed by atoms with van der Waals surface area (Å²) in [7, 11) is 4.14. The van der Waals surface area contributed by atoms with Gasteiger partial charge in [-0.25, -0.2) is 0 Å². The van der Waals surface area contributed by atoms with Gasteiger partial charge in [-0.2, -0.15) is 0 Å². The van der Waals surface area contributed by atoms with E-state index < -0.39 is 0 Å². The van der Waals surface area contributed by atoms with Crippen LogP contribution >= 0.6 is 0 Å². The van der Waals surface area contributed by atoms with Gasteiger partial charge in [-0.05, 0) is 67.9 Å². The lowest BCUT2D eigenvalue weighted by Crippen LogP contribution is -2.47. The van der Waals surface area contributed by atoms with Crippen LogP contribution in [0.3, 0.4) is 0 Å². The second kappa shape index (κ2) is 10.2. The molecule has 0 saturated carbocycles. The number of carbonyl (C=O) groups is 1. The Morgan fingerprint density at radius 2 is 1.53 bits per heavy atom. The SMILES string of the molecule is Cc1ccccc1N1CCN(c2cc3c(cc2N)C(=O)N(Cc2cccc(CN(C)C)c2)CC3)CC1. The van der Waals surface area contributed by atoms with Crippen LogP contribution in [0.4, 0.5) is 17.1 Å². The van der Waals surface area contributed by atoms with Crippen LogP contribution in [0.1, 0.15) is 32.6 Å². The molecule has 2 aliphatic heterocycles. The minimum atomic E-state index is 0.0804. The topological polar surface area (TPSA) is 56.1 Å². The highest BCUT2D eigenvalue weighted by molar-refractivity contribution is 5.99. The van der Waals surface area contributed by atoms with Gasteiger partial charge in [0.25, 0.3) is 5.91 Å². The van der Waals surface area contributed by atoms with E-state index in [1.165, 1.54) is 22.4 Å². The van der Waals surface area contributed by atoms with Crippen molar-refractivity contribution in [2.24, 2.45) is 0 Å². The number of carbonyl (C=O) groups excluding carboxylic acids is 1. The average Bonchev–Trinajstić information content (AvgIpc) is 2.86. The number of aryl methyl sites for hydroxylation is 1. The number of piperazine rings is 1. The molecule has 0 bridgehead atoms. The van der Waals surface area contributed by atoms with Crippen molar-refractivity contribution in [3.8, 4) is 0 Å². The lowest BCUT2D eigenvalue weighted by molar-refractivity contribution is 0.0727. The second-order valence-corrected chi connectivity index (χ2v) is 10.4. The summed E-state index contributed by atoms with van der Waals surface area (Å²) in [6.07, 6.45) is 0.856. The molecule has 3 aromatic rings. The number of hydrogen-bond donors (Lipinski definition) is 1. The Labute approximate surface area is 214 Å². The zero-order valence-corrected chi connectivity index (χ0v) is 21.7. The Kier molecular flexibility index (Phi) is 6.88. The van der Waals surface area contributed by atoms with Crippen molar-refractivity contribution in [2.75, 3.05) is 62.4 Å². The van der Waals surface area contributed by atoms with Crippen molar-refractivity contribution in [1.82, 2.24) is 9.80 Å². The fourth-order valence-electron chi connectivity index (χ4n) is 5.52. The number of amides is 1. The van der Waals surface area contributed by atoms with Gasteiger partial charge < -0.3 is 25.3 Å². The molecule has 188 valence electrons. The number of para-hydroxylation sites is 1. The minimum absolute atomic E-state index is 0.0804. The zero-order valence-electron chi connectivity index (χ0n) is 21.7. The largest absolute Gasteiger partial charge is 0.397 e. The summed E-state index contributed by atoms with van der Waals surface area (Å²) in [5.74, 6) is 0.0804. The molecule has 0 radical (unpaired) electrons. The highest BCUT2D eigenvalue weighted by Gasteiger charge is 2.27. The number of nitrogens with zero attached hydrogens (tertiary/aromatic N) is 4. The Balaban J connectivity index is 1.28. The van der Waals surface area contributed by atoms with Gasteiger partial charge in [-0.1, -0.05) is 42.5 Å². The molecular weight excluding hydrogens is 446 g/mol. The van der Waals surface area contributed by atoms with E-state index >= 15 is 0 Å². The first-order valence-electron chi connectivity index (χ1n) is 12.9. The van der Waals surface area contributed by atoms with Crippen molar-refractivity contribution in [3.05, 3.63) is 88.5 Å². The third-order valence-electron chi connectivity index (χ3n) is 7.36. The summed E-state index contributed by atoms with van der Waals surface area (Å²) >= 11 is 0. The highest BCUT2D eigenvalue weighted by Crippen LogP contribution is 2.32. The molecule has 0 unspecified atom stereocenters. The summed E-state index contributed by atoms with van der Waals surface area (Å²) in [5, 5.41) is 0. The first-order valence-corrected chi connectivity index (χ1v) is 12.9. The van der Waals surface area contributed by atoms with E-state index in [9.17, 15) is 4.79 Å². The van der Waals surface area contributed by atoms with Gasteiger partial charge in [-0.15, -0.1) is 0 Å². The molecule has 6 heteroatoms. The number of nitrogens with two attached hydrogens (primary N) is 1. The zero-order chi connectivity index (χ0) is 25.2. The molecule has 2 N–H and O–H groups in total. The monoisotopic (exact) mass is 483 g/mol. The van der Waals surface area contributed by atoms with Crippen molar-refractivity contribution in [3.63, 3.8) is 0 Å². The van der Waals surface area contributed by atoms with Crippen molar-refractivity contribution in [1.29, 1.82) is 0 Å². The van der Waals surface area contributed by atoms with E-state index in [0.717, 1.165) is 62.5 Å². The number of anilines is 3. The molecule has 3 aromatic carbocycles. The van der Waals surface area contributed by atoms with E-state index in [4.69, 9.17) is 5.73 Å². The van der Waals surface area contributed by atoms with E-state index in [1.807, 2.05) is 11.0 Å². The van der Waals surface area contributed by atoms with Crippen LogP contribution in [0.15, 0.2) is 60.7 Å². The lowest BCUT2D eigenvalue weighted by Gasteiger charge is -2.39. The van der Waals surface area contributed by atoms with Crippen molar-refractivity contribution < 1.29 is 4.79 Å². The van der Waals surface area contributed by atoms with Gasteiger partial charge in [-0.3, -0.25) is 4.79 Å². The van der Waals surface area contributed by atoms with E-state index in [1.54, 1.807) is 0 Å². The molecule has 36 heavy (non-hydrogen) atoms. The van der Waals surface area contributed by atoms with Crippen molar-refractivity contribution in [2.45, 2.75) is 26.4 Å². The predicted molar refractivity (Wildman–Crippen MR) is 149 cm³/mol. The van der Waals surface area contributed by atoms with Crippen LogP contribution in [-0.2, 0) is 19.5 Å². The summed E-state index contributed by atoms with van der Waals surface area (Å²) in [6, 6.07) is 21.2. The lowest BCUT2D eigenvalue weighted by atomic mass is 9.96. The van der Waals surface area contributed by atoms with Crippen LogP contribution in [-0.4, -0.2) is 62.5 Å². The minimum Gasteiger partial charge on any atom is -0.397 e. The molecule has 1 saturated heterocycles. The van der Waals surface area contributed by atoms with Crippen LogP contribution in [0, 0.1) is 6.92 Å². The highest BCUT2D eigenvalue weighted by atomic mass is 16.2. The Bertz CT molecular complexity index is 1250. The van der Waals surface area contributed by atoms with Gasteiger partial charge in [0.05, 0.1) is 11.4 Å². The summed E-state index contributed by atoms with van der Waals surface area (Å²) in [6.45, 7) is 8.17. The van der Waals surface area contributed by atoms with Gasteiger partial charge in [0.15, 0.2) is 0 Å². The number of fused-ring (bicyclic) bond motifs is 1. The van der Waals surface area contributed by atoms with Crippen LogP contribution in [0.2, 0.25) is 0 Å². The first kappa shape index (κ1) is 24.2. The standard InChI is InChI=1S/C30H37N5O/c1-22-7-4-5-10-28(22)33-13-15-34(16-14-33)29-18-25-11-12-35(30(36)26(25)19-27(29)31)21-24-9-6-8-23(17-24)20-32(2)3/h4-10,17-19H,11-16,20-21,31H2,1-3H3. The molecular formula is C30H37N5O. The Hall–Kier alpha value is -3.51. The maximum Gasteiger partial charge on any atom is 0.254 e. The number of hydrogen-bond acceptors (Lipinski definition) is 5. The number of nitrogen functional groups attached to an aromatic ring is 1. The smallest absolute Gasteiger partial charge is 0.254 e. The Morgan fingerprint density at radius 1 is 0.833 bits per heavy atom. The summed E-state index contributed by atoms with van der Waals surface area (Å²) in [5.41, 5.74) is 15.2. The third-order valence-corrected chi connectivity index (χ3v) is 7.36. The van der Waals surface area contributed by atoms with Crippen LogP contribution in [0.5, 0.6) is 0 Å². The first-order chi connectivity index (χ1) is 17.4. The van der Waals surface area contributed by atoms with E-state index in [0.29, 0.717) is 12.2 Å². The maximum absolute atomic E-state index is 13.4. The molecule has 0 aliphatic carbocycles. The quantitative estimate of drug-likeness (QED) is 0.534. The maximum atomic E-state index is 13.4. The third kappa shape index (κ3) is 5.05. The van der Waals surface area contributed by atoms with E-state index in [-0.39, 0.29) is 5.91 Å². The van der Waals surface area contributed by atoms with Gasteiger partial charge >= 0.3 is 0 Å². The molecule has 1 amide bonds.